The Morgan fingerprint density at radius 3 is 2.41 bits per heavy atom. The summed E-state index contributed by atoms with van der Waals surface area (Å²) in [4.78, 5) is 35.4. The first-order valence-electron chi connectivity index (χ1n) is 10.6. The molecule has 0 fully saturated rings. The lowest BCUT2D eigenvalue weighted by molar-refractivity contribution is -0.141. The van der Waals surface area contributed by atoms with E-state index in [2.05, 4.69) is 10.6 Å². The summed E-state index contributed by atoms with van der Waals surface area (Å²) >= 11 is 0. The third kappa shape index (κ3) is 9.07. The summed E-state index contributed by atoms with van der Waals surface area (Å²) < 4.78 is 10.4. The number of alkyl carbamates (subject to hydrolysis) is 1. The van der Waals surface area contributed by atoms with E-state index in [9.17, 15) is 19.5 Å². The molecule has 2 aromatic carbocycles. The third-order valence-electron chi connectivity index (χ3n) is 4.81. The molecular weight excluding hydrogens is 412 g/mol. The first-order valence-corrected chi connectivity index (χ1v) is 10.6. The highest BCUT2D eigenvalue weighted by Crippen LogP contribution is 2.19. The van der Waals surface area contributed by atoms with Crippen LogP contribution in [0.1, 0.15) is 36.8 Å². The van der Waals surface area contributed by atoms with E-state index in [0.29, 0.717) is 30.7 Å². The lowest BCUT2D eigenvalue weighted by Crippen LogP contribution is -2.42. The molecule has 1 atom stereocenters. The number of amides is 2. The topological polar surface area (TPSA) is 114 Å². The predicted octanol–water partition coefficient (Wildman–Crippen LogP) is 3.29. The summed E-state index contributed by atoms with van der Waals surface area (Å²) in [5, 5.41) is 14.7. The Hall–Kier alpha value is -3.55. The quantitative estimate of drug-likeness (QED) is 0.410. The van der Waals surface area contributed by atoms with Gasteiger partial charge in [-0.2, -0.15) is 0 Å². The highest BCUT2D eigenvalue weighted by molar-refractivity contribution is 5.83. The number of carbonyl (C=O) groups is 3. The van der Waals surface area contributed by atoms with E-state index in [-0.39, 0.29) is 25.4 Å². The van der Waals surface area contributed by atoms with Crippen LogP contribution in [0.15, 0.2) is 54.6 Å². The van der Waals surface area contributed by atoms with Gasteiger partial charge in [-0.15, -0.1) is 0 Å². The van der Waals surface area contributed by atoms with Crippen LogP contribution in [0.3, 0.4) is 0 Å². The number of unbranched alkanes of at least 4 members (excludes halogenated alkanes) is 2. The number of hydrogen-bond donors (Lipinski definition) is 3. The number of methoxy groups -OCH3 is 1. The number of para-hydroxylation sites is 1. The fraction of sp³-hybridized carbons (Fsp3) is 0.375. The maximum atomic E-state index is 12.2. The van der Waals surface area contributed by atoms with Crippen LogP contribution < -0.4 is 15.4 Å². The summed E-state index contributed by atoms with van der Waals surface area (Å²) in [6, 6.07) is 15.5. The molecule has 0 unspecified atom stereocenters. The normalized spacial score (nSPS) is 11.3. The fourth-order valence-corrected chi connectivity index (χ4v) is 3.11. The second kappa shape index (κ2) is 13.7. The van der Waals surface area contributed by atoms with Crippen molar-refractivity contribution in [2.75, 3.05) is 13.7 Å². The summed E-state index contributed by atoms with van der Waals surface area (Å²) in [5.74, 6) is -0.826. The average Bonchev–Trinajstić information content (AvgIpc) is 2.80. The zero-order valence-corrected chi connectivity index (χ0v) is 18.2. The number of carboxylic acid groups (broad SMARTS) is 1. The zero-order valence-electron chi connectivity index (χ0n) is 18.2. The summed E-state index contributed by atoms with van der Waals surface area (Å²) in [7, 11) is 1.52. The summed E-state index contributed by atoms with van der Waals surface area (Å²) in [6.45, 7) is 0.660. The van der Waals surface area contributed by atoms with Crippen molar-refractivity contribution in [3.05, 3.63) is 65.7 Å². The van der Waals surface area contributed by atoms with E-state index in [0.717, 1.165) is 12.0 Å². The van der Waals surface area contributed by atoms with Crippen molar-refractivity contribution in [1.82, 2.24) is 10.6 Å². The van der Waals surface area contributed by atoms with Crippen molar-refractivity contribution in [2.24, 2.45) is 0 Å². The number of carbonyl (C=O) groups excluding carboxylic acids is 2. The van der Waals surface area contributed by atoms with Gasteiger partial charge in [-0.25, -0.2) is 9.59 Å². The second-order valence-corrected chi connectivity index (χ2v) is 7.27. The number of nitrogens with one attached hydrogen (secondary N) is 2. The highest BCUT2D eigenvalue weighted by Gasteiger charge is 2.21. The Morgan fingerprint density at radius 1 is 0.969 bits per heavy atom. The monoisotopic (exact) mass is 442 g/mol. The molecule has 0 saturated heterocycles. The van der Waals surface area contributed by atoms with Crippen molar-refractivity contribution in [3.8, 4) is 5.75 Å². The minimum atomic E-state index is -1.09. The van der Waals surface area contributed by atoms with E-state index >= 15 is 0 Å². The van der Waals surface area contributed by atoms with Gasteiger partial charge in [0.25, 0.3) is 0 Å². The van der Waals surface area contributed by atoms with E-state index in [1.807, 2.05) is 30.3 Å². The van der Waals surface area contributed by atoms with Crippen LogP contribution in [-0.2, 0) is 27.4 Å². The Morgan fingerprint density at radius 2 is 1.69 bits per heavy atom. The molecule has 0 saturated carbocycles. The van der Waals surface area contributed by atoms with E-state index in [4.69, 9.17) is 9.47 Å². The highest BCUT2D eigenvalue weighted by atomic mass is 16.5. The standard InChI is InChI=1S/C24H30N2O6/c1-31-21-13-8-7-12-19(21)16-20(23(28)29)26-22(27)14-6-3-9-15-25-24(30)32-17-18-10-4-2-5-11-18/h2,4-5,7-8,10-13,20H,3,6,9,14-17H2,1H3,(H,25,30)(H,26,27)(H,28,29)/t20-/m1/s1. The van der Waals surface area contributed by atoms with Crippen molar-refractivity contribution in [3.63, 3.8) is 0 Å². The van der Waals surface area contributed by atoms with Gasteiger partial charge >= 0.3 is 12.1 Å². The van der Waals surface area contributed by atoms with Crippen LogP contribution >= 0.6 is 0 Å². The van der Waals surface area contributed by atoms with Crippen LogP contribution in [0.4, 0.5) is 4.79 Å². The number of aliphatic carboxylic acids is 1. The van der Waals surface area contributed by atoms with Gasteiger partial charge in [0.05, 0.1) is 7.11 Å². The molecule has 3 N–H and O–H groups in total. The lowest BCUT2D eigenvalue weighted by Gasteiger charge is -2.16. The molecule has 0 spiro atoms. The van der Waals surface area contributed by atoms with Gasteiger partial charge in [0.1, 0.15) is 18.4 Å². The molecule has 0 aromatic heterocycles. The van der Waals surface area contributed by atoms with Crippen LogP contribution in [-0.4, -0.2) is 42.8 Å². The molecule has 0 aliphatic rings. The Balaban J connectivity index is 1.61. The molecule has 0 aliphatic heterocycles. The number of carboxylic acids is 1. The predicted molar refractivity (Wildman–Crippen MR) is 119 cm³/mol. The van der Waals surface area contributed by atoms with Crippen LogP contribution in [0.5, 0.6) is 5.75 Å². The maximum absolute atomic E-state index is 12.2. The van der Waals surface area contributed by atoms with Gasteiger partial charge in [0, 0.05) is 19.4 Å². The van der Waals surface area contributed by atoms with Gasteiger partial charge in [-0.3, -0.25) is 4.79 Å². The largest absolute Gasteiger partial charge is 0.496 e. The first kappa shape index (κ1) is 24.7. The van der Waals surface area contributed by atoms with Crippen LogP contribution in [0.25, 0.3) is 0 Å². The average molecular weight is 443 g/mol. The summed E-state index contributed by atoms with van der Waals surface area (Å²) in [5.41, 5.74) is 1.63. The van der Waals surface area contributed by atoms with Crippen molar-refractivity contribution < 1.29 is 29.0 Å². The molecule has 2 rings (SSSR count). The van der Waals surface area contributed by atoms with E-state index in [1.54, 1.807) is 24.3 Å². The molecular formula is C24H30N2O6. The second-order valence-electron chi connectivity index (χ2n) is 7.27. The van der Waals surface area contributed by atoms with E-state index in [1.165, 1.54) is 7.11 Å². The molecule has 0 heterocycles. The Kier molecular flexibility index (Phi) is 10.6. The zero-order chi connectivity index (χ0) is 23.2. The minimum Gasteiger partial charge on any atom is -0.496 e. The van der Waals surface area contributed by atoms with E-state index < -0.39 is 18.1 Å². The molecule has 172 valence electrons. The molecule has 8 heteroatoms. The Labute approximate surface area is 187 Å². The smallest absolute Gasteiger partial charge is 0.407 e. The van der Waals surface area contributed by atoms with Gasteiger partial charge in [-0.05, 0) is 30.0 Å². The Bertz CT molecular complexity index is 872. The van der Waals surface area contributed by atoms with Crippen LogP contribution in [0, 0.1) is 0 Å². The van der Waals surface area contributed by atoms with Gasteiger partial charge in [-0.1, -0.05) is 55.0 Å². The number of ether oxygens (including phenoxy) is 2. The molecule has 32 heavy (non-hydrogen) atoms. The van der Waals surface area contributed by atoms with Crippen molar-refractivity contribution >= 4 is 18.0 Å². The molecule has 8 nitrogen and oxygen atoms in total. The maximum Gasteiger partial charge on any atom is 0.407 e. The number of benzene rings is 2. The third-order valence-corrected chi connectivity index (χ3v) is 4.81. The van der Waals surface area contributed by atoms with Crippen molar-refractivity contribution in [1.29, 1.82) is 0 Å². The SMILES string of the molecule is COc1ccccc1C[C@@H](NC(=O)CCCCCNC(=O)OCc1ccccc1)C(=O)O. The molecule has 0 aliphatic carbocycles. The molecule has 0 radical (unpaired) electrons. The fourth-order valence-electron chi connectivity index (χ4n) is 3.11. The van der Waals surface area contributed by atoms with Crippen molar-refractivity contribution in [2.45, 2.75) is 44.8 Å². The summed E-state index contributed by atoms with van der Waals surface area (Å²) in [6.07, 6.45) is 1.88. The minimum absolute atomic E-state index is 0.139. The van der Waals surface area contributed by atoms with Gasteiger partial charge in [0.2, 0.25) is 5.91 Å². The van der Waals surface area contributed by atoms with Gasteiger partial charge < -0.3 is 25.2 Å². The van der Waals surface area contributed by atoms with Crippen LogP contribution in [0.2, 0.25) is 0 Å². The lowest BCUT2D eigenvalue weighted by atomic mass is 10.0. The number of rotatable bonds is 13. The molecule has 2 aromatic rings. The van der Waals surface area contributed by atoms with Gasteiger partial charge in [0.15, 0.2) is 0 Å². The molecule has 2 amide bonds. The first-order chi connectivity index (χ1) is 15.5. The molecule has 0 bridgehead atoms. The number of hydrogen-bond acceptors (Lipinski definition) is 5.